The molecular weight excluding hydrogens is 254 g/mol. The topological polar surface area (TPSA) is 66.4 Å². The van der Waals surface area contributed by atoms with Crippen LogP contribution in [0, 0.1) is 29.6 Å². The van der Waals surface area contributed by atoms with Crippen LogP contribution >= 0.6 is 0 Å². The molecule has 2 rings (SSSR count). The van der Waals surface area contributed by atoms with Crippen LogP contribution in [0.4, 0.5) is 0 Å². The fourth-order valence-electron chi connectivity index (χ4n) is 3.77. The highest BCUT2D eigenvalue weighted by Gasteiger charge is 2.43. The molecule has 0 aromatic carbocycles. The maximum absolute atomic E-state index is 12.3. The molecule has 0 spiro atoms. The van der Waals surface area contributed by atoms with Crippen LogP contribution in [0.2, 0.25) is 0 Å². The van der Waals surface area contributed by atoms with Gasteiger partial charge in [0.25, 0.3) is 0 Å². The van der Waals surface area contributed by atoms with E-state index in [1.165, 1.54) is 6.42 Å². The Labute approximate surface area is 121 Å². The van der Waals surface area contributed by atoms with E-state index in [4.69, 9.17) is 5.11 Å². The van der Waals surface area contributed by atoms with Crippen molar-refractivity contribution in [2.45, 2.75) is 58.9 Å². The van der Waals surface area contributed by atoms with Gasteiger partial charge < -0.3 is 10.4 Å². The third-order valence-corrected chi connectivity index (χ3v) is 5.28. The minimum Gasteiger partial charge on any atom is -0.481 e. The molecule has 0 bridgehead atoms. The smallest absolute Gasteiger partial charge is 0.307 e. The largest absolute Gasteiger partial charge is 0.481 e. The van der Waals surface area contributed by atoms with Crippen LogP contribution < -0.4 is 5.32 Å². The summed E-state index contributed by atoms with van der Waals surface area (Å²) in [5, 5.41) is 12.2. The fourth-order valence-corrected chi connectivity index (χ4v) is 3.77. The molecule has 0 aromatic rings. The number of carboxylic acids is 1. The number of rotatable bonds is 4. The van der Waals surface area contributed by atoms with Gasteiger partial charge in [-0.05, 0) is 43.4 Å². The highest BCUT2D eigenvalue weighted by molar-refractivity contribution is 5.86. The van der Waals surface area contributed by atoms with Crippen molar-refractivity contribution in [3.8, 4) is 0 Å². The molecule has 114 valence electrons. The van der Waals surface area contributed by atoms with Gasteiger partial charge in [-0.2, -0.15) is 0 Å². The first kappa shape index (κ1) is 15.3. The van der Waals surface area contributed by atoms with E-state index in [0.29, 0.717) is 24.2 Å². The molecule has 2 aliphatic carbocycles. The molecule has 5 atom stereocenters. The van der Waals surface area contributed by atoms with Gasteiger partial charge in [0, 0.05) is 6.04 Å². The summed E-state index contributed by atoms with van der Waals surface area (Å²) in [4.78, 5) is 23.3. The number of carbonyl (C=O) groups excluding carboxylic acids is 1. The van der Waals surface area contributed by atoms with Gasteiger partial charge in [-0.1, -0.05) is 27.2 Å². The van der Waals surface area contributed by atoms with Crippen LogP contribution in [0.1, 0.15) is 52.9 Å². The SMILES string of the molecule is CC1CCC(C(C)C)C(NC(=O)C2CCC2C(=O)O)C1. The molecule has 2 saturated carbocycles. The van der Waals surface area contributed by atoms with Crippen molar-refractivity contribution >= 4 is 11.9 Å². The molecule has 0 heterocycles. The highest BCUT2D eigenvalue weighted by atomic mass is 16.4. The van der Waals surface area contributed by atoms with Gasteiger partial charge in [-0.25, -0.2) is 0 Å². The van der Waals surface area contributed by atoms with Crippen molar-refractivity contribution in [2.75, 3.05) is 0 Å². The molecule has 20 heavy (non-hydrogen) atoms. The van der Waals surface area contributed by atoms with Crippen LogP contribution in [0.25, 0.3) is 0 Å². The fraction of sp³-hybridized carbons (Fsp3) is 0.875. The Hall–Kier alpha value is -1.06. The minimum absolute atomic E-state index is 0.0339. The molecule has 1 amide bonds. The van der Waals surface area contributed by atoms with Crippen LogP contribution in [0.15, 0.2) is 0 Å². The second-order valence-electron chi connectivity index (χ2n) is 7.07. The monoisotopic (exact) mass is 281 g/mol. The van der Waals surface area contributed by atoms with E-state index in [0.717, 1.165) is 19.3 Å². The van der Waals surface area contributed by atoms with Crippen LogP contribution in [-0.2, 0) is 9.59 Å². The molecule has 2 N–H and O–H groups in total. The first-order valence-electron chi connectivity index (χ1n) is 7.93. The van der Waals surface area contributed by atoms with Gasteiger partial charge in [-0.15, -0.1) is 0 Å². The number of hydrogen-bond donors (Lipinski definition) is 2. The number of amides is 1. The molecule has 4 heteroatoms. The molecular formula is C16H27NO3. The van der Waals surface area contributed by atoms with Gasteiger partial charge in [0.2, 0.25) is 5.91 Å². The third-order valence-electron chi connectivity index (χ3n) is 5.28. The molecule has 5 unspecified atom stereocenters. The second kappa shape index (κ2) is 6.15. The molecule has 2 fully saturated rings. The van der Waals surface area contributed by atoms with Crippen LogP contribution in [-0.4, -0.2) is 23.0 Å². The van der Waals surface area contributed by atoms with E-state index in [1.54, 1.807) is 0 Å². The van der Waals surface area contributed by atoms with Crippen molar-refractivity contribution in [3.63, 3.8) is 0 Å². The van der Waals surface area contributed by atoms with Crippen molar-refractivity contribution in [1.82, 2.24) is 5.32 Å². The molecule has 0 radical (unpaired) electrons. The number of carboxylic acid groups (broad SMARTS) is 1. The van der Waals surface area contributed by atoms with Crippen molar-refractivity contribution in [1.29, 1.82) is 0 Å². The lowest BCUT2D eigenvalue weighted by Gasteiger charge is -2.40. The molecule has 0 aromatic heterocycles. The van der Waals surface area contributed by atoms with E-state index in [1.807, 2.05) is 0 Å². The Morgan fingerprint density at radius 3 is 2.25 bits per heavy atom. The normalized spacial score (nSPS) is 37.3. The zero-order valence-corrected chi connectivity index (χ0v) is 12.8. The predicted molar refractivity (Wildman–Crippen MR) is 77.1 cm³/mol. The zero-order valence-electron chi connectivity index (χ0n) is 12.8. The predicted octanol–water partition coefficient (Wildman–Crippen LogP) is 2.67. The summed E-state index contributed by atoms with van der Waals surface area (Å²) in [7, 11) is 0. The summed E-state index contributed by atoms with van der Waals surface area (Å²) < 4.78 is 0. The number of nitrogens with one attached hydrogen (secondary N) is 1. The van der Waals surface area contributed by atoms with Gasteiger partial charge in [0.1, 0.15) is 0 Å². The first-order valence-corrected chi connectivity index (χ1v) is 7.93. The Morgan fingerprint density at radius 2 is 1.75 bits per heavy atom. The van der Waals surface area contributed by atoms with Crippen molar-refractivity contribution in [2.24, 2.45) is 29.6 Å². The van der Waals surface area contributed by atoms with E-state index in [2.05, 4.69) is 26.1 Å². The summed E-state index contributed by atoms with van der Waals surface area (Å²) in [6.45, 7) is 6.66. The van der Waals surface area contributed by atoms with Gasteiger partial charge >= 0.3 is 5.97 Å². The minimum atomic E-state index is -0.825. The lowest BCUT2D eigenvalue weighted by Crippen LogP contribution is -2.51. The summed E-state index contributed by atoms with van der Waals surface area (Å²) in [6, 6.07) is 0.223. The van der Waals surface area contributed by atoms with E-state index < -0.39 is 11.9 Å². The summed E-state index contributed by atoms with van der Waals surface area (Å²) in [6.07, 6.45) is 4.78. The summed E-state index contributed by atoms with van der Waals surface area (Å²) >= 11 is 0. The molecule has 4 nitrogen and oxygen atoms in total. The van der Waals surface area contributed by atoms with E-state index in [9.17, 15) is 9.59 Å². The van der Waals surface area contributed by atoms with Crippen LogP contribution in [0.5, 0.6) is 0 Å². The highest BCUT2D eigenvalue weighted by Crippen LogP contribution is 2.37. The average Bonchev–Trinajstić information content (AvgIpc) is 2.25. The second-order valence-corrected chi connectivity index (χ2v) is 7.07. The average molecular weight is 281 g/mol. The molecule has 0 saturated heterocycles. The molecule has 0 aliphatic heterocycles. The lowest BCUT2D eigenvalue weighted by molar-refractivity contribution is -0.153. The summed E-state index contributed by atoms with van der Waals surface area (Å²) in [5.41, 5.74) is 0. The third kappa shape index (κ3) is 3.15. The van der Waals surface area contributed by atoms with Gasteiger partial charge in [0.05, 0.1) is 11.8 Å². The molecule has 2 aliphatic rings. The lowest BCUT2D eigenvalue weighted by atomic mass is 9.71. The van der Waals surface area contributed by atoms with E-state index in [-0.39, 0.29) is 17.9 Å². The number of aliphatic carboxylic acids is 1. The zero-order chi connectivity index (χ0) is 14.9. The van der Waals surface area contributed by atoms with Gasteiger partial charge in [-0.3, -0.25) is 9.59 Å². The van der Waals surface area contributed by atoms with Crippen LogP contribution in [0.3, 0.4) is 0 Å². The Morgan fingerprint density at radius 1 is 1.10 bits per heavy atom. The van der Waals surface area contributed by atoms with Crippen molar-refractivity contribution in [3.05, 3.63) is 0 Å². The van der Waals surface area contributed by atoms with Gasteiger partial charge in [0.15, 0.2) is 0 Å². The standard InChI is InChI=1S/C16H27NO3/c1-9(2)11-5-4-10(3)8-14(11)17-15(18)12-6-7-13(12)16(19)20/h9-14H,4-8H2,1-3H3,(H,17,18)(H,19,20). The van der Waals surface area contributed by atoms with Crippen molar-refractivity contribution < 1.29 is 14.7 Å². The number of hydrogen-bond acceptors (Lipinski definition) is 2. The Kier molecular flexibility index (Phi) is 4.71. The quantitative estimate of drug-likeness (QED) is 0.832. The first-order chi connectivity index (χ1) is 9.40. The Balaban J connectivity index is 1.96. The maximum Gasteiger partial charge on any atom is 0.307 e. The maximum atomic E-state index is 12.3. The Bertz CT molecular complexity index is 380. The summed E-state index contributed by atoms with van der Waals surface area (Å²) in [5.74, 6) is 0.100. The number of carbonyl (C=O) groups is 2. The van der Waals surface area contributed by atoms with E-state index >= 15 is 0 Å².